The summed E-state index contributed by atoms with van der Waals surface area (Å²) in [5.41, 5.74) is 0.654. The van der Waals surface area contributed by atoms with E-state index < -0.39 is 23.8 Å². The molecule has 0 aromatic heterocycles. The molecular formula is C24H21F3N4O3. The molecule has 1 aliphatic heterocycles. The van der Waals surface area contributed by atoms with E-state index in [4.69, 9.17) is 10.00 Å². The maximum atomic E-state index is 13.4. The number of benzene rings is 2. The van der Waals surface area contributed by atoms with Crippen molar-refractivity contribution in [3.05, 3.63) is 76.5 Å². The van der Waals surface area contributed by atoms with E-state index in [1.165, 1.54) is 31.1 Å². The van der Waals surface area contributed by atoms with Gasteiger partial charge in [0.15, 0.2) is 5.78 Å². The van der Waals surface area contributed by atoms with Crippen LogP contribution in [0.25, 0.3) is 0 Å². The van der Waals surface area contributed by atoms with Gasteiger partial charge in [-0.05, 0) is 49.7 Å². The van der Waals surface area contributed by atoms with E-state index in [2.05, 4.69) is 10.3 Å². The van der Waals surface area contributed by atoms with Gasteiger partial charge in [0.2, 0.25) is 5.96 Å². The highest BCUT2D eigenvalue weighted by molar-refractivity contribution is 6.06. The SMILES string of the molecule is COC(=O)C1=C(C)N(c2cccc(C(F)(F)F)c2)C(=NCC(C)=O)N[C@@H]1c1ccc(C#N)cc1. The quantitative estimate of drug-likeness (QED) is 0.661. The fourth-order valence-electron chi connectivity index (χ4n) is 3.57. The predicted molar refractivity (Wildman–Crippen MR) is 119 cm³/mol. The summed E-state index contributed by atoms with van der Waals surface area (Å²) in [5.74, 6) is -0.857. The van der Waals surface area contributed by atoms with Gasteiger partial charge in [0, 0.05) is 11.4 Å². The highest BCUT2D eigenvalue weighted by Crippen LogP contribution is 2.37. The van der Waals surface area contributed by atoms with Gasteiger partial charge in [-0.3, -0.25) is 9.69 Å². The topological polar surface area (TPSA) is 94.8 Å². The van der Waals surface area contributed by atoms with Crippen LogP contribution in [0.2, 0.25) is 0 Å². The van der Waals surface area contributed by atoms with Crippen LogP contribution in [0.15, 0.2) is 64.8 Å². The third-order valence-corrected chi connectivity index (χ3v) is 5.16. The van der Waals surface area contributed by atoms with Crippen LogP contribution in [0.1, 0.15) is 36.6 Å². The highest BCUT2D eigenvalue weighted by Gasteiger charge is 2.37. The zero-order valence-corrected chi connectivity index (χ0v) is 18.6. The van der Waals surface area contributed by atoms with Gasteiger partial charge in [0.05, 0.1) is 35.9 Å². The van der Waals surface area contributed by atoms with Crippen LogP contribution in [-0.2, 0) is 20.5 Å². The number of ketones is 1. The molecule has 0 fully saturated rings. The smallest absolute Gasteiger partial charge is 0.416 e. The first-order valence-electron chi connectivity index (χ1n) is 10.1. The molecule has 1 atom stereocenters. The van der Waals surface area contributed by atoms with Crippen LogP contribution < -0.4 is 10.2 Å². The standard InChI is InChI=1S/C24H21F3N4O3/c1-14(32)13-29-23-30-21(17-9-7-16(12-28)8-10-17)20(22(33)34-3)15(2)31(23)19-6-4-5-18(11-19)24(25,26)27/h4-11,21H,13H2,1-3H3,(H,29,30)/t21-/m1/s1. The summed E-state index contributed by atoms with van der Waals surface area (Å²) >= 11 is 0. The molecular weight excluding hydrogens is 449 g/mol. The van der Waals surface area contributed by atoms with E-state index in [0.717, 1.165) is 12.1 Å². The molecule has 2 aromatic rings. The summed E-state index contributed by atoms with van der Waals surface area (Å²) in [7, 11) is 1.20. The number of esters is 1. The van der Waals surface area contributed by atoms with Crippen LogP contribution in [-0.4, -0.2) is 31.4 Å². The third-order valence-electron chi connectivity index (χ3n) is 5.16. The Morgan fingerprint density at radius 1 is 1.21 bits per heavy atom. The van der Waals surface area contributed by atoms with Gasteiger partial charge in [0.25, 0.3) is 0 Å². The fraction of sp³-hybridized carbons (Fsp3) is 0.250. The van der Waals surface area contributed by atoms with Crippen molar-refractivity contribution in [2.45, 2.75) is 26.1 Å². The molecule has 0 bridgehead atoms. The van der Waals surface area contributed by atoms with Crippen LogP contribution >= 0.6 is 0 Å². The minimum Gasteiger partial charge on any atom is -0.466 e. The van der Waals surface area contributed by atoms with Crippen LogP contribution in [0, 0.1) is 11.3 Å². The summed E-state index contributed by atoms with van der Waals surface area (Å²) in [6.45, 7) is 2.67. The Bertz CT molecular complexity index is 1210. The Morgan fingerprint density at radius 3 is 2.44 bits per heavy atom. The van der Waals surface area contributed by atoms with Gasteiger partial charge in [-0.1, -0.05) is 18.2 Å². The molecule has 0 saturated heterocycles. The summed E-state index contributed by atoms with van der Waals surface area (Å²) in [5, 5.41) is 12.1. The molecule has 176 valence electrons. The zero-order valence-electron chi connectivity index (χ0n) is 18.6. The number of allylic oxidation sites excluding steroid dienone is 1. The largest absolute Gasteiger partial charge is 0.466 e. The lowest BCUT2D eigenvalue weighted by atomic mass is 9.94. The molecule has 2 aromatic carbocycles. The molecule has 0 aliphatic carbocycles. The van der Waals surface area contributed by atoms with Crippen molar-refractivity contribution in [2.24, 2.45) is 4.99 Å². The number of anilines is 1. The Kier molecular flexibility index (Phi) is 7.05. The number of rotatable bonds is 5. The highest BCUT2D eigenvalue weighted by atomic mass is 19.4. The average molecular weight is 470 g/mol. The molecule has 3 rings (SSSR count). The third kappa shape index (κ3) is 5.09. The van der Waals surface area contributed by atoms with Crippen molar-refractivity contribution < 1.29 is 27.5 Å². The first kappa shape index (κ1) is 24.5. The summed E-state index contributed by atoms with van der Waals surface area (Å²) < 4.78 is 45.1. The van der Waals surface area contributed by atoms with Crippen LogP contribution in [0.4, 0.5) is 18.9 Å². The number of guanidine groups is 1. The van der Waals surface area contributed by atoms with Gasteiger partial charge in [-0.25, -0.2) is 9.79 Å². The Labute approximate surface area is 194 Å². The lowest BCUT2D eigenvalue weighted by Gasteiger charge is -2.38. The number of carbonyl (C=O) groups is 2. The lowest BCUT2D eigenvalue weighted by Crippen LogP contribution is -2.49. The number of alkyl halides is 3. The van der Waals surface area contributed by atoms with Crippen LogP contribution in [0.3, 0.4) is 0 Å². The van der Waals surface area contributed by atoms with E-state index in [9.17, 15) is 22.8 Å². The number of carbonyl (C=O) groups excluding carboxylic acids is 2. The molecule has 0 radical (unpaired) electrons. The first-order valence-corrected chi connectivity index (χ1v) is 10.1. The number of ether oxygens (including phenoxy) is 1. The Morgan fingerprint density at radius 2 is 1.88 bits per heavy atom. The number of nitriles is 1. The molecule has 10 heteroatoms. The number of methoxy groups -OCH3 is 1. The molecule has 1 aliphatic rings. The average Bonchev–Trinajstić information content (AvgIpc) is 2.81. The minimum absolute atomic E-state index is 0.0917. The van der Waals surface area contributed by atoms with Crippen molar-refractivity contribution in [2.75, 3.05) is 18.6 Å². The molecule has 0 amide bonds. The number of Topliss-reactive ketones (excluding diaryl/α,β-unsaturated/α-hetero) is 1. The van der Waals surface area contributed by atoms with Crippen molar-refractivity contribution in [1.29, 1.82) is 5.26 Å². The number of halogens is 3. The lowest BCUT2D eigenvalue weighted by molar-refractivity contribution is -0.138. The zero-order chi connectivity index (χ0) is 25.0. The number of nitrogens with zero attached hydrogens (tertiary/aromatic N) is 3. The molecule has 34 heavy (non-hydrogen) atoms. The first-order chi connectivity index (χ1) is 16.1. The van der Waals surface area contributed by atoms with E-state index in [1.807, 2.05) is 6.07 Å². The van der Waals surface area contributed by atoms with E-state index in [0.29, 0.717) is 11.1 Å². The second kappa shape index (κ2) is 9.79. The van der Waals surface area contributed by atoms with E-state index in [1.54, 1.807) is 31.2 Å². The second-order valence-electron chi connectivity index (χ2n) is 7.53. The molecule has 7 nitrogen and oxygen atoms in total. The van der Waals surface area contributed by atoms with E-state index >= 15 is 0 Å². The van der Waals surface area contributed by atoms with Gasteiger partial charge in [-0.15, -0.1) is 0 Å². The van der Waals surface area contributed by atoms with Gasteiger partial charge in [0.1, 0.15) is 6.54 Å². The number of aliphatic imine (C=N–C) groups is 1. The molecule has 0 saturated carbocycles. The van der Waals surface area contributed by atoms with Gasteiger partial charge < -0.3 is 10.1 Å². The molecule has 1 heterocycles. The molecule has 1 N–H and O–H groups in total. The fourth-order valence-corrected chi connectivity index (χ4v) is 3.57. The molecule has 0 spiro atoms. The van der Waals surface area contributed by atoms with Crippen molar-refractivity contribution >= 4 is 23.4 Å². The summed E-state index contributed by atoms with van der Waals surface area (Å²) in [4.78, 5) is 30.0. The van der Waals surface area contributed by atoms with Gasteiger partial charge >= 0.3 is 12.1 Å². The molecule has 0 unspecified atom stereocenters. The minimum atomic E-state index is -4.58. The Balaban J connectivity index is 2.23. The van der Waals surface area contributed by atoms with Crippen molar-refractivity contribution in [3.63, 3.8) is 0 Å². The Hall–Kier alpha value is -4.13. The maximum Gasteiger partial charge on any atom is 0.416 e. The number of hydrogen-bond donors (Lipinski definition) is 1. The second-order valence-corrected chi connectivity index (χ2v) is 7.53. The normalized spacial score (nSPS) is 17.3. The van der Waals surface area contributed by atoms with E-state index in [-0.39, 0.29) is 35.2 Å². The van der Waals surface area contributed by atoms with Crippen LogP contribution in [0.5, 0.6) is 0 Å². The van der Waals surface area contributed by atoms with Gasteiger partial charge in [-0.2, -0.15) is 18.4 Å². The van der Waals surface area contributed by atoms with Crippen molar-refractivity contribution in [3.8, 4) is 6.07 Å². The maximum absolute atomic E-state index is 13.4. The number of nitrogens with one attached hydrogen (secondary N) is 1. The summed E-state index contributed by atoms with van der Waals surface area (Å²) in [6, 6.07) is 12.2. The number of hydrogen-bond acceptors (Lipinski definition) is 5. The summed E-state index contributed by atoms with van der Waals surface area (Å²) in [6.07, 6.45) is -4.58. The monoisotopic (exact) mass is 470 g/mol. The van der Waals surface area contributed by atoms with Crippen molar-refractivity contribution in [1.82, 2.24) is 5.32 Å². The predicted octanol–water partition coefficient (Wildman–Crippen LogP) is 4.12.